The molecule has 0 saturated heterocycles. The van der Waals surface area contributed by atoms with Crippen molar-refractivity contribution in [1.29, 1.82) is 0 Å². The van der Waals surface area contributed by atoms with Gasteiger partial charge in [-0.2, -0.15) is 0 Å². The minimum atomic E-state index is -0.0346. The highest BCUT2D eigenvalue weighted by Crippen LogP contribution is 2.61. The van der Waals surface area contributed by atoms with E-state index < -0.39 is 0 Å². The van der Waals surface area contributed by atoms with Crippen molar-refractivity contribution in [3.8, 4) is 0 Å². The Hall–Kier alpha value is -1.57. The Labute approximate surface area is 157 Å². The average molecular weight is 350 g/mol. The van der Waals surface area contributed by atoms with E-state index in [2.05, 4.69) is 42.0 Å². The Morgan fingerprint density at radius 2 is 1.69 bits per heavy atom. The molecule has 1 heterocycles. The molecule has 0 atom stereocenters. The van der Waals surface area contributed by atoms with Crippen LogP contribution >= 0.6 is 0 Å². The first-order valence-corrected chi connectivity index (χ1v) is 10.8. The zero-order valence-corrected chi connectivity index (χ0v) is 16.0. The van der Waals surface area contributed by atoms with Gasteiger partial charge in [0.1, 0.15) is 0 Å². The number of para-hydroxylation sites is 1. The van der Waals surface area contributed by atoms with Gasteiger partial charge < -0.3 is 4.57 Å². The van der Waals surface area contributed by atoms with Gasteiger partial charge in [0.15, 0.2) is 5.78 Å². The Morgan fingerprint density at radius 1 is 1.04 bits per heavy atom. The average Bonchev–Trinajstić information content (AvgIpc) is 2.99. The van der Waals surface area contributed by atoms with E-state index in [1.54, 1.807) is 0 Å². The van der Waals surface area contributed by atoms with Crippen molar-refractivity contribution in [3.63, 3.8) is 0 Å². The lowest BCUT2D eigenvalue weighted by Crippen LogP contribution is -2.50. The SMILES string of the molecule is CCCCCn1cc(C(=O)C23CC4CC(CC(C4)C2)C3)c2ccccc21. The molecule has 1 aromatic heterocycles. The van der Waals surface area contributed by atoms with Gasteiger partial charge in [-0.25, -0.2) is 0 Å². The molecule has 4 aliphatic rings. The van der Waals surface area contributed by atoms with Gasteiger partial charge in [-0.05, 0) is 68.8 Å². The molecule has 4 bridgehead atoms. The first kappa shape index (κ1) is 16.6. The van der Waals surface area contributed by atoms with Crippen LogP contribution in [0.4, 0.5) is 0 Å². The van der Waals surface area contributed by atoms with Crippen molar-refractivity contribution in [2.45, 2.75) is 71.3 Å². The predicted molar refractivity (Wildman–Crippen MR) is 106 cm³/mol. The van der Waals surface area contributed by atoms with Gasteiger partial charge in [0, 0.05) is 34.6 Å². The summed E-state index contributed by atoms with van der Waals surface area (Å²) in [5.41, 5.74) is 2.23. The van der Waals surface area contributed by atoms with Gasteiger partial charge in [-0.3, -0.25) is 4.79 Å². The van der Waals surface area contributed by atoms with Crippen LogP contribution in [0.1, 0.15) is 75.1 Å². The number of carbonyl (C=O) groups excluding carboxylic acids is 1. The molecule has 2 aromatic rings. The lowest BCUT2D eigenvalue weighted by atomic mass is 9.48. The highest BCUT2D eigenvalue weighted by atomic mass is 16.1. The molecule has 138 valence electrons. The highest BCUT2D eigenvalue weighted by molar-refractivity contribution is 6.11. The third-order valence-corrected chi connectivity index (χ3v) is 7.56. The van der Waals surface area contributed by atoms with E-state index >= 15 is 0 Å². The molecule has 0 spiro atoms. The van der Waals surface area contributed by atoms with E-state index in [-0.39, 0.29) is 5.41 Å². The number of Topliss-reactive ketones (excluding diaryl/α,β-unsaturated/α-hetero) is 1. The number of hydrogen-bond donors (Lipinski definition) is 0. The number of hydrogen-bond acceptors (Lipinski definition) is 1. The molecule has 6 rings (SSSR count). The maximum absolute atomic E-state index is 13.8. The number of benzene rings is 1. The Bertz CT molecular complexity index is 795. The van der Waals surface area contributed by atoms with Crippen molar-refractivity contribution in [3.05, 3.63) is 36.0 Å². The number of fused-ring (bicyclic) bond motifs is 1. The molecule has 0 amide bonds. The zero-order chi connectivity index (χ0) is 17.7. The number of carbonyl (C=O) groups is 1. The van der Waals surface area contributed by atoms with Crippen LogP contribution in [-0.2, 0) is 6.54 Å². The first-order chi connectivity index (χ1) is 12.7. The van der Waals surface area contributed by atoms with Crippen LogP contribution in [0.2, 0.25) is 0 Å². The fraction of sp³-hybridized carbons (Fsp3) is 0.625. The van der Waals surface area contributed by atoms with Crippen molar-refractivity contribution in [1.82, 2.24) is 4.57 Å². The quantitative estimate of drug-likeness (QED) is 0.447. The van der Waals surface area contributed by atoms with Crippen molar-refractivity contribution >= 4 is 16.7 Å². The fourth-order valence-electron chi connectivity index (χ4n) is 6.82. The number of nitrogens with zero attached hydrogens (tertiary/aromatic N) is 1. The molecular formula is C24H31NO. The summed E-state index contributed by atoms with van der Waals surface area (Å²) in [7, 11) is 0. The molecule has 4 fully saturated rings. The summed E-state index contributed by atoms with van der Waals surface area (Å²) in [6.07, 6.45) is 13.5. The summed E-state index contributed by atoms with van der Waals surface area (Å²) < 4.78 is 2.35. The van der Waals surface area contributed by atoms with Crippen LogP contribution in [0.25, 0.3) is 10.9 Å². The molecule has 26 heavy (non-hydrogen) atoms. The number of rotatable bonds is 6. The molecule has 0 radical (unpaired) electrons. The molecular weight excluding hydrogens is 318 g/mol. The van der Waals surface area contributed by atoms with E-state index in [1.165, 1.54) is 49.4 Å². The van der Waals surface area contributed by atoms with Crippen LogP contribution in [0.15, 0.2) is 30.5 Å². The number of ketones is 1. The molecule has 0 unspecified atom stereocenters. The normalized spacial score (nSPS) is 32.4. The second-order valence-electron chi connectivity index (χ2n) is 9.49. The van der Waals surface area contributed by atoms with Gasteiger partial charge in [-0.1, -0.05) is 38.0 Å². The fourth-order valence-corrected chi connectivity index (χ4v) is 6.82. The zero-order valence-electron chi connectivity index (χ0n) is 16.0. The van der Waals surface area contributed by atoms with Crippen LogP contribution in [0.3, 0.4) is 0 Å². The van der Waals surface area contributed by atoms with E-state index in [9.17, 15) is 4.79 Å². The summed E-state index contributed by atoms with van der Waals surface area (Å²) in [5, 5.41) is 1.18. The van der Waals surface area contributed by atoms with Crippen molar-refractivity contribution in [2.75, 3.05) is 0 Å². The highest BCUT2D eigenvalue weighted by Gasteiger charge is 2.54. The lowest BCUT2D eigenvalue weighted by molar-refractivity contribution is -0.0352. The Balaban J connectivity index is 1.51. The number of aryl methyl sites for hydroxylation is 1. The Morgan fingerprint density at radius 3 is 2.35 bits per heavy atom. The molecule has 2 nitrogen and oxygen atoms in total. The summed E-state index contributed by atoms with van der Waals surface area (Å²) in [4.78, 5) is 13.8. The smallest absolute Gasteiger partial charge is 0.171 e. The summed E-state index contributed by atoms with van der Waals surface area (Å²) in [6, 6.07) is 8.56. The van der Waals surface area contributed by atoms with Gasteiger partial charge >= 0.3 is 0 Å². The Kier molecular flexibility index (Phi) is 3.99. The topological polar surface area (TPSA) is 22.0 Å². The largest absolute Gasteiger partial charge is 0.347 e. The summed E-state index contributed by atoms with van der Waals surface area (Å²) in [5.74, 6) is 2.94. The van der Waals surface area contributed by atoms with Crippen LogP contribution in [0.5, 0.6) is 0 Å². The van der Waals surface area contributed by atoms with E-state index in [1.807, 2.05) is 0 Å². The maximum atomic E-state index is 13.8. The van der Waals surface area contributed by atoms with Crippen LogP contribution < -0.4 is 0 Å². The predicted octanol–water partition coefficient (Wildman–Crippen LogP) is 6.23. The van der Waals surface area contributed by atoms with Gasteiger partial charge in [0.2, 0.25) is 0 Å². The molecule has 0 aliphatic heterocycles. The van der Waals surface area contributed by atoms with Crippen molar-refractivity contribution in [2.24, 2.45) is 23.2 Å². The van der Waals surface area contributed by atoms with Gasteiger partial charge in [0.05, 0.1) is 0 Å². The molecule has 1 aromatic carbocycles. The van der Waals surface area contributed by atoms with E-state index in [0.29, 0.717) is 5.78 Å². The number of unbranched alkanes of at least 4 members (excludes halogenated alkanes) is 2. The second kappa shape index (κ2) is 6.25. The standard InChI is InChI=1S/C24H31NO/c1-2-3-6-9-25-16-21(20-7-4-5-8-22(20)25)23(26)24-13-17-10-18(14-24)12-19(11-17)15-24/h4-5,7-8,16-19H,2-3,6,9-15H2,1H3. The minimum absolute atomic E-state index is 0.0346. The minimum Gasteiger partial charge on any atom is -0.347 e. The molecule has 0 N–H and O–H groups in total. The van der Waals surface area contributed by atoms with Gasteiger partial charge in [-0.15, -0.1) is 0 Å². The van der Waals surface area contributed by atoms with E-state index in [0.717, 1.165) is 49.1 Å². The third kappa shape index (κ3) is 2.56. The number of aromatic nitrogens is 1. The first-order valence-electron chi connectivity index (χ1n) is 10.8. The molecule has 4 aliphatic carbocycles. The summed E-state index contributed by atoms with van der Waals surface area (Å²) in [6.45, 7) is 3.28. The molecule has 2 heteroatoms. The maximum Gasteiger partial charge on any atom is 0.171 e. The second-order valence-corrected chi connectivity index (χ2v) is 9.49. The van der Waals surface area contributed by atoms with Gasteiger partial charge in [0.25, 0.3) is 0 Å². The summed E-state index contributed by atoms with van der Waals surface area (Å²) >= 11 is 0. The van der Waals surface area contributed by atoms with Crippen LogP contribution in [0, 0.1) is 23.2 Å². The monoisotopic (exact) mass is 349 g/mol. The van der Waals surface area contributed by atoms with Crippen molar-refractivity contribution < 1.29 is 4.79 Å². The van der Waals surface area contributed by atoms with E-state index in [4.69, 9.17) is 0 Å². The van der Waals surface area contributed by atoms with Crippen LogP contribution in [-0.4, -0.2) is 10.4 Å². The third-order valence-electron chi connectivity index (χ3n) is 7.56. The lowest BCUT2D eigenvalue weighted by Gasteiger charge is -2.55. The molecule has 4 saturated carbocycles.